The molecule has 0 saturated carbocycles. The summed E-state index contributed by atoms with van der Waals surface area (Å²) in [5.41, 5.74) is 1.11. The summed E-state index contributed by atoms with van der Waals surface area (Å²) in [7, 11) is 1.66. The molecule has 2 rings (SSSR count). The average molecular weight is 252 g/mol. The minimum absolute atomic E-state index is 0.00238. The van der Waals surface area contributed by atoms with Gasteiger partial charge in [0, 0.05) is 38.0 Å². The number of aliphatic hydroxyl groups is 1. The van der Waals surface area contributed by atoms with Gasteiger partial charge in [0.2, 0.25) is 0 Å². The molecule has 1 fully saturated rings. The molecule has 1 N–H and O–H groups in total. The van der Waals surface area contributed by atoms with Gasteiger partial charge in [-0.05, 0) is 18.6 Å². The SMILES string of the molecule is COC1(C)CN(c2cc(CO)cc([N+](=O)[O-])c2)C1. The summed E-state index contributed by atoms with van der Waals surface area (Å²) in [6.07, 6.45) is 0. The van der Waals surface area contributed by atoms with Crippen LogP contribution < -0.4 is 4.90 Å². The van der Waals surface area contributed by atoms with Crippen LogP contribution in [0.4, 0.5) is 11.4 Å². The summed E-state index contributed by atoms with van der Waals surface area (Å²) >= 11 is 0. The molecule has 1 aliphatic rings. The first kappa shape index (κ1) is 12.8. The van der Waals surface area contributed by atoms with Gasteiger partial charge in [0.15, 0.2) is 0 Å². The van der Waals surface area contributed by atoms with E-state index >= 15 is 0 Å². The molecule has 18 heavy (non-hydrogen) atoms. The van der Waals surface area contributed by atoms with Gasteiger partial charge < -0.3 is 14.7 Å². The van der Waals surface area contributed by atoms with E-state index in [4.69, 9.17) is 9.84 Å². The van der Waals surface area contributed by atoms with Crippen molar-refractivity contribution in [2.45, 2.75) is 19.1 Å². The van der Waals surface area contributed by atoms with Gasteiger partial charge in [-0.2, -0.15) is 0 Å². The molecular formula is C12H16N2O4. The van der Waals surface area contributed by atoms with E-state index in [-0.39, 0.29) is 17.9 Å². The van der Waals surface area contributed by atoms with Gasteiger partial charge >= 0.3 is 0 Å². The molecular weight excluding hydrogens is 236 g/mol. The number of non-ortho nitro benzene ring substituents is 1. The van der Waals surface area contributed by atoms with Gasteiger partial charge in [-0.25, -0.2) is 0 Å². The van der Waals surface area contributed by atoms with Crippen LogP contribution in [0.1, 0.15) is 12.5 Å². The van der Waals surface area contributed by atoms with Gasteiger partial charge in [-0.3, -0.25) is 10.1 Å². The van der Waals surface area contributed by atoms with Crippen LogP contribution in [0.25, 0.3) is 0 Å². The van der Waals surface area contributed by atoms with E-state index in [1.165, 1.54) is 12.1 Å². The largest absolute Gasteiger partial charge is 0.392 e. The average Bonchev–Trinajstić information content (AvgIpc) is 2.34. The number of nitro benzene ring substituents is 1. The van der Waals surface area contributed by atoms with Crippen LogP contribution >= 0.6 is 0 Å². The maximum Gasteiger partial charge on any atom is 0.271 e. The number of anilines is 1. The summed E-state index contributed by atoms with van der Waals surface area (Å²) in [5, 5.41) is 19.9. The van der Waals surface area contributed by atoms with Crippen molar-refractivity contribution < 1.29 is 14.8 Å². The number of aliphatic hydroxyl groups excluding tert-OH is 1. The minimum Gasteiger partial charge on any atom is -0.392 e. The first-order chi connectivity index (χ1) is 8.47. The van der Waals surface area contributed by atoms with Gasteiger partial charge in [-0.1, -0.05) is 0 Å². The van der Waals surface area contributed by atoms with Crippen molar-refractivity contribution in [1.29, 1.82) is 0 Å². The lowest BCUT2D eigenvalue weighted by atomic mass is 9.95. The summed E-state index contributed by atoms with van der Waals surface area (Å²) in [4.78, 5) is 12.4. The third-order valence-corrected chi connectivity index (χ3v) is 3.26. The Hall–Kier alpha value is -1.66. The number of nitro groups is 1. The molecule has 0 aromatic heterocycles. The second kappa shape index (κ2) is 4.55. The van der Waals surface area contributed by atoms with Crippen molar-refractivity contribution in [1.82, 2.24) is 0 Å². The molecule has 1 aromatic carbocycles. The lowest BCUT2D eigenvalue weighted by Gasteiger charge is -2.48. The van der Waals surface area contributed by atoms with Crippen LogP contribution in [0.5, 0.6) is 0 Å². The van der Waals surface area contributed by atoms with Crippen molar-refractivity contribution in [2.75, 3.05) is 25.1 Å². The molecule has 1 saturated heterocycles. The molecule has 0 unspecified atom stereocenters. The Labute approximate surface area is 105 Å². The third-order valence-electron chi connectivity index (χ3n) is 3.26. The fraction of sp³-hybridized carbons (Fsp3) is 0.500. The lowest BCUT2D eigenvalue weighted by Crippen LogP contribution is -2.61. The maximum atomic E-state index is 10.8. The number of hydrogen-bond acceptors (Lipinski definition) is 5. The zero-order valence-electron chi connectivity index (χ0n) is 10.4. The second-order valence-corrected chi connectivity index (χ2v) is 4.78. The minimum atomic E-state index is -0.446. The topological polar surface area (TPSA) is 75.8 Å². The molecule has 1 aliphatic heterocycles. The van der Waals surface area contributed by atoms with E-state index in [1.54, 1.807) is 13.2 Å². The van der Waals surface area contributed by atoms with Crippen molar-refractivity contribution >= 4 is 11.4 Å². The van der Waals surface area contributed by atoms with Crippen LogP contribution in [0, 0.1) is 10.1 Å². The fourth-order valence-electron chi connectivity index (χ4n) is 2.11. The van der Waals surface area contributed by atoms with Crippen LogP contribution in [-0.4, -0.2) is 35.8 Å². The van der Waals surface area contributed by atoms with Crippen LogP contribution in [0.2, 0.25) is 0 Å². The zero-order chi connectivity index (χ0) is 13.3. The highest BCUT2D eigenvalue weighted by Gasteiger charge is 2.39. The predicted molar refractivity (Wildman–Crippen MR) is 66.6 cm³/mol. The number of hydrogen-bond donors (Lipinski definition) is 1. The number of nitrogens with zero attached hydrogens (tertiary/aromatic N) is 2. The van der Waals surface area contributed by atoms with E-state index in [2.05, 4.69) is 0 Å². The van der Waals surface area contributed by atoms with E-state index < -0.39 is 4.92 Å². The molecule has 0 amide bonds. The van der Waals surface area contributed by atoms with Gasteiger partial charge in [-0.15, -0.1) is 0 Å². The predicted octanol–water partition coefficient (Wildman–Crippen LogP) is 1.31. The van der Waals surface area contributed by atoms with Crippen molar-refractivity contribution in [3.05, 3.63) is 33.9 Å². The molecule has 0 atom stereocenters. The third kappa shape index (κ3) is 2.30. The maximum absolute atomic E-state index is 10.8. The second-order valence-electron chi connectivity index (χ2n) is 4.78. The van der Waals surface area contributed by atoms with Crippen LogP contribution in [0.15, 0.2) is 18.2 Å². The summed E-state index contributed by atoms with van der Waals surface area (Å²) in [6.45, 7) is 3.17. The van der Waals surface area contributed by atoms with E-state index in [9.17, 15) is 10.1 Å². The summed E-state index contributed by atoms with van der Waals surface area (Å²) in [5.74, 6) is 0. The highest BCUT2D eigenvalue weighted by Crippen LogP contribution is 2.32. The van der Waals surface area contributed by atoms with Gasteiger partial charge in [0.25, 0.3) is 5.69 Å². The molecule has 0 bridgehead atoms. The summed E-state index contributed by atoms with van der Waals surface area (Å²) < 4.78 is 5.33. The standard InChI is InChI=1S/C12H16N2O4/c1-12(18-2)7-13(8-12)10-3-9(6-15)4-11(5-10)14(16)17/h3-5,15H,6-8H2,1-2H3. The Morgan fingerprint density at radius 2 is 2.17 bits per heavy atom. The monoisotopic (exact) mass is 252 g/mol. The molecule has 98 valence electrons. The quantitative estimate of drug-likeness (QED) is 0.646. The highest BCUT2D eigenvalue weighted by molar-refractivity contribution is 5.58. The van der Waals surface area contributed by atoms with Crippen LogP contribution in [0.3, 0.4) is 0 Å². The fourth-order valence-corrected chi connectivity index (χ4v) is 2.11. The van der Waals surface area contributed by atoms with Gasteiger partial charge in [0.1, 0.15) is 0 Å². The van der Waals surface area contributed by atoms with E-state index in [1.807, 2.05) is 11.8 Å². The molecule has 1 aromatic rings. The number of methoxy groups -OCH3 is 1. The van der Waals surface area contributed by atoms with Crippen molar-refractivity contribution in [3.63, 3.8) is 0 Å². The van der Waals surface area contributed by atoms with Crippen LogP contribution in [-0.2, 0) is 11.3 Å². The van der Waals surface area contributed by atoms with Crippen molar-refractivity contribution in [2.24, 2.45) is 0 Å². The molecule has 0 radical (unpaired) electrons. The van der Waals surface area contributed by atoms with E-state index in [0.29, 0.717) is 18.7 Å². The molecule has 6 nitrogen and oxygen atoms in total. The first-order valence-corrected chi connectivity index (χ1v) is 5.67. The highest BCUT2D eigenvalue weighted by atomic mass is 16.6. The Balaban J connectivity index is 2.24. The molecule has 0 aliphatic carbocycles. The smallest absolute Gasteiger partial charge is 0.271 e. The Morgan fingerprint density at radius 3 is 2.67 bits per heavy atom. The first-order valence-electron chi connectivity index (χ1n) is 5.67. The normalized spacial score (nSPS) is 17.4. The number of benzene rings is 1. The van der Waals surface area contributed by atoms with Gasteiger partial charge in [0.05, 0.1) is 17.1 Å². The van der Waals surface area contributed by atoms with Crippen molar-refractivity contribution in [3.8, 4) is 0 Å². The summed E-state index contributed by atoms with van der Waals surface area (Å²) in [6, 6.07) is 4.68. The van der Waals surface area contributed by atoms with E-state index in [0.717, 1.165) is 5.69 Å². The Morgan fingerprint density at radius 1 is 1.50 bits per heavy atom. The molecule has 0 spiro atoms. The number of rotatable bonds is 4. The zero-order valence-corrected chi connectivity index (χ0v) is 10.4. The number of ether oxygens (including phenoxy) is 1. The Kier molecular flexibility index (Phi) is 3.23. The molecule has 6 heteroatoms. The Bertz CT molecular complexity index is 469. The molecule has 1 heterocycles. The lowest BCUT2D eigenvalue weighted by molar-refractivity contribution is -0.384.